The van der Waals surface area contributed by atoms with Crippen LogP contribution in [0.1, 0.15) is 17.3 Å². The van der Waals surface area contributed by atoms with E-state index >= 15 is 0 Å². The summed E-state index contributed by atoms with van der Waals surface area (Å²) in [6.07, 6.45) is 12.3. The van der Waals surface area contributed by atoms with Gasteiger partial charge < -0.3 is 9.88 Å². The lowest BCUT2D eigenvalue weighted by atomic mass is 9.86. The summed E-state index contributed by atoms with van der Waals surface area (Å²) in [4.78, 5) is 9.43. The number of para-hydroxylation sites is 1. The van der Waals surface area contributed by atoms with Crippen molar-refractivity contribution in [3.8, 4) is 27.9 Å². The molecule has 6 aromatic carbocycles. The molecule has 240 valence electrons. The number of nitrogens with one attached hydrogen (secondary N) is 1. The summed E-state index contributed by atoms with van der Waals surface area (Å²) < 4.78 is 2.29. The molecule has 0 saturated heterocycles. The van der Waals surface area contributed by atoms with E-state index in [2.05, 4.69) is 179 Å². The minimum absolute atomic E-state index is 0.0129. The fraction of sp³-hybridized carbons (Fsp3) is 0.0213. The number of rotatable bonds is 5. The molecular formula is C47H32N4. The Morgan fingerprint density at radius 2 is 1.10 bits per heavy atom. The first-order valence-corrected chi connectivity index (χ1v) is 17.4. The van der Waals surface area contributed by atoms with Crippen LogP contribution in [0.15, 0.2) is 183 Å². The molecule has 1 N–H and O–H groups in total. The Kier molecular flexibility index (Phi) is 6.85. The zero-order chi connectivity index (χ0) is 33.7. The third-order valence-electron chi connectivity index (χ3n) is 10.2. The molecule has 3 aromatic heterocycles. The van der Waals surface area contributed by atoms with E-state index in [-0.39, 0.29) is 6.04 Å². The van der Waals surface area contributed by atoms with Gasteiger partial charge in [-0.3, -0.25) is 9.97 Å². The van der Waals surface area contributed by atoms with Crippen LogP contribution in [0.4, 0.5) is 0 Å². The molecule has 0 saturated carbocycles. The van der Waals surface area contributed by atoms with Gasteiger partial charge in [-0.05, 0) is 79.7 Å². The Morgan fingerprint density at radius 1 is 0.490 bits per heavy atom. The number of dihydropyridines is 1. The van der Waals surface area contributed by atoms with Crippen LogP contribution in [0.5, 0.6) is 0 Å². The summed E-state index contributed by atoms with van der Waals surface area (Å²) in [6.45, 7) is 0. The highest BCUT2D eigenvalue weighted by Gasteiger charge is 2.18. The van der Waals surface area contributed by atoms with Gasteiger partial charge in [-0.2, -0.15) is 0 Å². The summed E-state index contributed by atoms with van der Waals surface area (Å²) in [5.41, 5.74) is 11.5. The average Bonchev–Trinajstić information content (AvgIpc) is 3.55. The third-order valence-corrected chi connectivity index (χ3v) is 10.2. The third kappa shape index (κ3) is 4.84. The normalized spacial score (nSPS) is 14.3. The fourth-order valence-corrected chi connectivity index (χ4v) is 7.84. The van der Waals surface area contributed by atoms with Gasteiger partial charge in [0.1, 0.15) is 0 Å². The maximum atomic E-state index is 5.01. The molecule has 51 heavy (non-hydrogen) atoms. The van der Waals surface area contributed by atoms with Gasteiger partial charge in [-0.15, -0.1) is 0 Å². The Morgan fingerprint density at radius 3 is 1.75 bits per heavy atom. The highest BCUT2D eigenvalue weighted by atomic mass is 15.0. The first kappa shape index (κ1) is 29.2. The molecule has 1 aliphatic rings. The van der Waals surface area contributed by atoms with Crippen LogP contribution in [0.3, 0.4) is 0 Å². The summed E-state index contributed by atoms with van der Waals surface area (Å²) in [5, 5.41) is 11.0. The number of nitrogens with zero attached hydrogens (tertiary/aromatic N) is 3. The van der Waals surface area contributed by atoms with E-state index in [0.717, 1.165) is 33.6 Å². The fourth-order valence-electron chi connectivity index (χ4n) is 7.84. The van der Waals surface area contributed by atoms with Crippen LogP contribution >= 0.6 is 0 Å². The van der Waals surface area contributed by atoms with Crippen LogP contribution in [0.2, 0.25) is 0 Å². The van der Waals surface area contributed by atoms with Crippen molar-refractivity contribution in [2.45, 2.75) is 6.04 Å². The van der Waals surface area contributed by atoms with Gasteiger partial charge in [0.25, 0.3) is 0 Å². The van der Waals surface area contributed by atoms with Crippen molar-refractivity contribution in [1.29, 1.82) is 0 Å². The first-order valence-electron chi connectivity index (χ1n) is 17.4. The largest absolute Gasteiger partial charge is 0.379 e. The van der Waals surface area contributed by atoms with Crippen molar-refractivity contribution in [2.24, 2.45) is 0 Å². The lowest BCUT2D eigenvalue weighted by Gasteiger charge is -2.20. The maximum absolute atomic E-state index is 5.01. The Labute approximate surface area is 295 Å². The van der Waals surface area contributed by atoms with E-state index in [9.17, 15) is 0 Å². The zero-order valence-electron chi connectivity index (χ0n) is 27.7. The quantitative estimate of drug-likeness (QED) is 0.188. The highest BCUT2D eigenvalue weighted by molar-refractivity contribution is 6.21. The standard InChI is InChI=1S/C47H32N4/c1-2-10-32(11-3-1)46-38-13-4-6-15-40(38)47(41-16-7-5-14-39(41)46)34-21-25-43(50-29-34)42-24-20-33(28-49-42)31-18-22-35(23-19-31)51-44-17-9-8-12-36(44)37-26-27-48-30-45(37)51/h1-30,42,49H. The highest BCUT2D eigenvalue weighted by Crippen LogP contribution is 2.43. The second-order valence-electron chi connectivity index (χ2n) is 13.1. The number of hydrogen-bond donors (Lipinski definition) is 1. The van der Waals surface area contributed by atoms with Crippen LogP contribution in [0.25, 0.3) is 76.9 Å². The molecule has 4 heterocycles. The van der Waals surface area contributed by atoms with E-state index in [1.807, 2.05) is 18.6 Å². The summed E-state index contributed by atoms with van der Waals surface area (Å²) in [6, 6.07) is 52.0. The second-order valence-corrected chi connectivity index (χ2v) is 13.1. The summed E-state index contributed by atoms with van der Waals surface area (Å²) >= 11 is 0. The molecule has 10 rings (SSSR count). The average molecular weight is 653 g/mol. The van der Waals surface area contributed by atoms with Crippen molar-refractivity contribution in [2.75, 3.05) is 0 Å². The van der Waals surface area contributed by atoms with Crippen molar-refractivity contribution in [1.82, 2.24) is 19.9 Å². The zero-order valence-corrected chi connectivity index (χ0v) is 27.7. The molecule has 0 aliphatic carbocycles. The van der Waals surface area contributed by atoms with E-state index in [1.54, 1.807) is 0 Å². The second kappa shape index (κ2) is 12.0. The van der Waals surface area contributed by atoms with Crippen LogP contribution in [-0.2, 0) is 0 Å². The summed E-state index contributed by atoms with van der Waals surface area (Å²) in [5.74, 6) is 0. The molecule has 0 radical (unpaired) electrons. The smallest absolute Gasteiger partial charge is 0.0868 e. The summed E-state index contributed by atoms with van der Waals surface area (Å²) in [7, 11) is 0. The molecule has 1 atom stereocenters. The topological polar surface area (TPSA) is 42.7 Å². The van der Waals surface area contributed by atoms with Crippen molar-refractivity contribution >= 4 is 48.9 Å². The molecule has 0 amide bonds. The number of pyridine rings is 2. The molecule has 9 aromatic rings. The van der Waals surface area contributed by atoms with Gasteiger partial charge in [-0.25, -0.2) is 0 Å². The van der Waals surface area contributed by atoms with Crippen molar-refractivity contribution in [3.05, 3.63) is 194 Å². The van der Waals surface area contributed by atoms with E-state index < -0.39 is 0 Å². The van der Waals surface area contributed by atoms with Crippen molar-refractivity contribution in [3.63, 3.8) is 0 Å². The van der Waals surface area contributed by atoms with Gasteiger partial charge >= 0.3 is 0 Å². The van der Waals surface area contributed by atoms with Gasteiger partial charge in [0.05, 0.1) is 29.0 Å². The number of aromatic nitrogens is 3. The van der Waals surface area contributed by atoms with Crippen LogP contribution < -0.4 is 5.32 Å². The molecule has 4 nitrogen and oxygen atoms in total. The number of allylic oxidation sites excluding steroid dienone is 2. The maximum Gasteiger partial charge on any atom is 0.0868 e. The predicted molar refractivity (Wildman–Crippen MR) is 212 cm³/mol. The Balaban J connectivity index is 0.941. The SMILES string of the molecule is C1=CC(c2ccc(-c3c4ccccc4c(-c4ccccc4)c4ccccc34)cn2)NC=C1c1ccc(-n2c3ccccc3c3ccncc32)cc1. The van der Waals surface area contributed by atoms with Gasteiger partial charge in [0.2, 0.25) is 0 Å². The van der Waals surface area contributed by atoms with Crippen LogP contribution in [0, 0.1) is 0 Å². The predicted octanol–water partition coefficient (Wildman–Crippen LogP) is 11.5. The van der Waals surface area contributed by atoms with E-state index in [1.165, 1.54) is 54.5 Å². The minimum atomic E-state index is -0.0129. The molecular weight excluding hydrogens is 621 g/mol. The molecule has 0 bridgehead atoms. The monoisotopic (exact) mass is 652 g/mol. The van der Waals surface area contributed by atoms with Crippen molar-refractivity contribution < 1.29 is 0 Å². The minimum Gasteiger partial charge on any atom is -0.379 e. The van der Waals surface area contributed by atoms with Gasteiger partial charge in [0.15, 0.2) is 0 Å². The van der Waals surface area contributed by atoms with E-state index in [0.29, 0.717) is 0 Å². The molecule has 1 aliphatic heterocycles. The van der Waals surface area contributed by atoms with E-state index in [4.69, 9.17) is 4.98 Å². The molecule has 4 heteroatoms. The van der Waals surface area contributed by atoms with Gasteiger partial charge in [-0.1, -0.05) is 127 Å². The first-order chi connectivity index (χ1) is 25.3. The Hall–Kier alpha value is -6.78. The molecule has 0 spiro atoms. The van der Waals surface area contributed by atoms with Crippen LogP contribution in [-0.4, -0.2) is 14.5 Å². The van der Waals surface area contributed by atoms with Gasteiger partial charge in [0, 0.05) is 40.6 Å². The lowest BCUT2D eigenvalue weighted by molar-refractivity contribution is 0.724. The molecule has 1 unspecified atom stereocenters. The lowest BCUT2D eigenvalue weighted by Crippen LogP contribution is -2.17. The Bertz CT molecular complexity index is 2700. The molecule has 0 fully saturated rings. The number of fused-ring (bicyclic) bond motifs is 5. The number of benzene rings is 6. The number of hydrogen-bond acceptors (Lipinski definition) is 3.